The second-order valence-corrected chi connectivity index (χ2v) is 3.55. The van der Waals surface area contributed by atoms with Crippen LogP contribution in [0.2, 0.25) is 0 Å². The number of aromatic hydroxyl groups is 1. The average Bonchev–Trinajstić information content (AvgIpc) is 2.23. The minimum atomic E-state index is 0.329. The van der Waals surface area contributed by atoms with Crippen molar-refractivity contribution in [3.8, 4) is 5.75 Å². The van der Waals surface area contributed by atoms with E-state index in [4.69, 9.17) is 9.84 Å². The Balaban J connectivity index is 1.92. The van der Waals surface area contributed by atoms with Crippen LogP contribution in [0.5, 0.6) is 5.75 Å². The van der Waals surface area contributed by atoms with Crippen molar-refractivity contribution in [2.75, 3.05) is 26.3 Å². The molecule has 0 saturated carbocycles. The van der Waals surface area contributed by atoms with Crippen molar-refractivity contribution in [2.24, 2.45) is 0 Å². The van der Waals surface area contributed by atoms with Gasteiger partial charge in [0.15, 0.2) is 0 Å². The van der Waals surface area contributed by atoms with Crippen LogP contribution in [0.3, 0.4) is 0 Å². The summed E-state index contributed by atoms with van der Waals surface area (Å²) in [5, 5.41) is 9.13. The zero-order valence-electron chi connectivity index (χ0n) is 8.15. The molecule has 1 aliphatic heterocycles. The molecule has 1 aromatic carbocycles. The molecule has 0 radical (unpaired) electrons. The third kappa shape index (κ3) is 2.47. The molecule has 1 saturated heterocycles. The third-order valence-electron chi connectivity index (χ3n) is 2.45. The largest absolute Gasteiger partial charge is 0.508 e. The van der Waals surface area contributed by atoms with E-state index in [0.29, 0.717) is 5.75 Å². The van der Waals surface area contributed by atoms with Gasteiger partial charge in [0.05, 0.1) is 13.2 Å². The highest BCUT2D eigenvalue weighted by atomic mass is 16.5. The van der Waals surface area contributed by atoms with E-state index in [1.165, 1.54) is 5.56 Å². The van der Waals surface area contributed by atoms with Gasteiger partial charge in [0.25, 0.3) is 0 Å². The maximum Gasteiger partial charge on any atom is 0.115 e. The van der Waals surface area contributed by atoms with Gasteiger partial charge in [0.2, 0.25) is 0 Å². The number of hydrogen-bond donors (Lipinski definition) is 1. The number of phenolic OH excluding ortho intramolecular Hbond substituents is 1. The highest BCUT2D eigenvalue weighted by Crippen LogP contribution is 2.12. The average molecular weight is 193 g/mol. The van der Waals surface area contributed by atoms with Gasteiger partial charge < -0.3 is 9.84 Å². The molecule has 1 aliphatic rings. The number of hydrogen-bond acceptors (Lipinski definition) is 3. The lowest BCUT2D eigenvalue weighted by molar-refractivity contribution is 0.0342. The van der Waals surface area contributed by atoms with Gasteiger partial charge in [-0.05, 0) is 17.7 Å². The lowest BCUT2D eigenvalue weighted by atomic mass is 10.2. The van der Waals surface area contributed by atoms with Crippen molar-refractivity contribution in [3.63, 3.8) is 0 Å². The molecule has 0 aliphatic carbocycles. The number of ether oxygens (including phenoxy) is 1. The maximum absolute atomic E-state index is 9.13. The molecule has 1 heterocycles. The van der Waals surface area contributed by atoms with Gasteiger partial charge in [-0.2, -0.15) is 0 Å². The van der Waals surface area contributed by atoms with Crippen LogP contribution in [0, 0.1) is 0 Å². The van der Waals surface area contributed by atoms with E-state index in [-0.39, 0.29) is 0 Å². The van der Waals surface area contributed by atoms with E-state index >= 15 is 0 Å². The summed E-state index contributed by atoms with van der Waals surface area (Å²) < 4.78 is 5.27. The van der Waals surface area contributed by atoms with Crippen molar-refractivity contribution in [1.82, 2.24) is 4.90 Å². The maximum atomic E-state index is 9.13. The van der Waals surface area contributed by atoms with Crippen molar-refractivity contribution in [2.45, 2.75) is 6.54 Å². The highest BCUT2D eigenvalue weighted by molar-refractivity contribution is 5.25. The van der Waals surface area contributed by atoms with Gasteiger partial charge in [-0.3, -0.25) is 4.90 Å². The fraction of sp³-hybridized carbons (Fsp3) is 0.455. The Morgan fingerprint density at radius 1 is 1.14 bits per heavy atom. The predicted molar refractivity (Wildman–Crippen MR) is 54.2 cm³/mol. The summed E-state index contributed by atoms with van der Waals surface area (Å²) in [6.45, 7) is 4.61. The summed E-state index contributed by atoms with van der Waals surface area (Å²) in [7, 11) is 0. The Labute approximate surface area is 83.9 Å². The predicted octanol–water partition coefficient (Wildman–Crippen LogP) is 1.22. The Morgan fingerprint density at radius 3 is 2.43 bits per heavy atom. The van der Waals surface area contributed by atoms with Gasteiger partial charge in [0, 0.05) is 19.6 Å². The summed E-state index contributed by atoms with van der Waals surface area (Å²) in [5.74, 6) is 0.329. The van der Waals surface area contributed by atoms with Crippen molar-refractivity contribution >= 4 is 0 Å². The number of nitrogens with zero attached hydrogens (tertiary/aromatic N) is 1. The highest BCUT2D eigenvalue weighted by Gasteiger charge is 2.10. The van der Waals surface area contributed by atoms with Crippen molar-refractivity contribution in [1.29, 1.82) is 0 Å². The quantitative estimate of drug-likeness (QED) is 0.766. The molecule has 3 heteroatoms. The summed E-state index contributed by atoms with van der Waals surface area (Å²) in [5.41, 5.74) is 1.24. The van der Waals surface area contributed by atoms with Crippen LogP contribution in [0.4, 0.5) is 0 Å². The first kappa shape index (κ1) is 9.49. The van der Waals surface area contributed by atoms with Crippen molar-refractivity contribution in [3.05, 3.63) is 29.8 Å². The molecule has 1 N–H and O–H groups in total. The summed E-state index contributed by atoms with van der Waals surface area (Å²) in [4.78, 5) is 2.36. The lowest BCUT2D eigenvalue weighted by Crippen LogP contribution is -2.35. The molecule has 0 atom stereocenters. The molecule has 76 valence electrons. The standard InChI is InChI=1S/C11H15NO2/c13-11-3-1-10(2-4-11)9-12-5-7-14-8-6-12/h1-4,13H,5-9H2. The summed E-state index contributed by atoms with van der Waals surface area (Å²) in [6, 6.07) is 7.39. The van der Waals surface area contributed by atoms with Crippen LogP contribution in [0.25, 0.3) is 0 Å². The minimum absolute atomic E-state index is 0.329. The number of rotatable bonds is 2. The van der Waals surface area contributed by atoms with Gasteiger partial charge in [-0.1, -0.05) is 12.1 Å². The van der Waals surface area contributed by atoms with E-state index in [0.717, 1.165) is 32.8 Å². The van der Waals surface area contributed by atoms with Crippen LogP contribution in [0.1, 0.15) is 5.56 Å². The smallest absolute Gasteiger partial charge is 0.115 e. The zero-order chi connectivity index (χ0) is 9.80. The van der Waals surface area contributed by atoms with E-state index < -0.39 is 0 Å². The van der Waals surface area contributed by atoms with E-state index in [1.54, 1.807) is 12.1 Å². The van der Waals surface area contributed by atoms with Crippen LogP contribution < -0.4 is 0 Å². The summed E-state index contributed by atoms with van der Waals surface area (Å²) >= 11 is 0. The molecule has 1 aromatic rings. The Bertz CT molecular complexity index is 278. The number of morpholine rings is 1. The van der Waals surface area contributed by atoms with Crippen LogP contribution >= 0.6 is 0 Å². The first-order valence-corrected chi connectivity index (χ1v) is 4.92. The molecular formula is C11H15NO2. The minimum Gasteiger partial charge on any atom is -0.508 e. The molecule has 2 rings (SSSR count). The van der Waals surface area contributed by atoms with Gasteiger partial charge in [-0.25, -0.2) is 0 Å². The zero-order valence-corrected chi connectivity index (χ0v) is 8.15. The SMILES string of the molecule is Oc1ccc(CN2CCOCC2)cc1. The van der Waals surface area contributed by atoms with E-state index in [9.17, 15) is 0 Å². The second kappa shape index (κ2) is 4.44. The molecule has 14 heavy (non-hydrogen) atoms. The van der Waals surface area contributed by atoms with Crippen LogP contribution in [-0.2, 0) is 11.3 Å². The summed E-state index contributed by atoms with van der Waals surface area (Å²) in [6.07, 6.45) is 0. The first-order chi connectivity index (χ1) is 6.84. The van der Waals surface area contributed by atoms with Crippen LogP contribution in [-0.4, -0.2) is 36.3 Å². The Morgan fingerprint density at radius 2 is 1.79 bits per heavy atom. The topological polar surface area (TPSA) is 32.7 Å². The van der Waals surface area contributed by atoms with E-state index in [1.807, 2.05) is 12.1 Å². The van der Waals surface area contributed by atoms with Gasteiger partial charge >= 0.3 is 0 Å². The molecule has 0 spiro atoms. The second-order valence-electron chi connectivity index (χ2n) is 3.55. The molecule has 0 unspecified atom stereocenters. The fourth-order valence-electron chi connectivity index (χ4n) is 1.62. The van der Waals surface area contributed by atoms with Crippen molar-refractivity contribution < 1.29 is 9.84 Å². The molecule has 1 fully saturated rings. The molecule has 0 aromatic heterocycles. The number of phenols is 1. The van der Waals surface area contributed by atoms with Gasteiger partial charge in [-0.15, -0.1) is 0 Å². The van der Waals surface area contributed by atoms with E-state index in [2.05, 4.69) is 4.90 Å². The number of benzene rings is 1. The molecule has 0 bridgehead atoms. The lowest BCUT2D eigenvalue weighted by Gasteiger charge is -2.26. The Kier molecular flexibility index (Phi) is 3.01. The fourth-order valence-corrected chi connectivity index (χ4v) is 1.62. The first-order valence-electron chi connectivity index (χ1n) is 4.92. The third-order valence-corrected chi connectivity index (χ3v) is 2.45. The molecule has 0 amide bonds. The van der Waals surface area contributed by atoms with Crippen LogP contribution in [0.15, 0.2) is 24.3 Å². The molecular weight excluding hydrogens is 178 g/mol. The normalized spacial score (nSPS) is 18.3. The molecule has 3 nitrogen and oxygen atoms in total. The van der Waals surface area contributed by atoms with Gasteiger partial charge in [0.1, 0.15) is 5.75 Å². The monoisotopic (exact) mass is 193 g/mol. The Hall–Kier alpha value is -1.06.